The molecule has 0 aliphatic heterocycles. The second kappa shape index (κ2) is 6.10. The lowest BCUT2D eigenvalue weighted by atomic mass is 10.3. The van der Waals surface area contributed by atoms with Gasteiger partial charge in [-0.05, 0) is 29.6 Å². The third kappa shape index (κ3) is 3.22. The van der Waals surface area contributed by atoms with Crippen molar-refractivity contribution in [2.75, 3.05) is 6.26 Å². The van der Waals surface area contributed by atoms with Crippen LogP contribution < -0.4 is 5.32 Å². The van der Waals surface area contributed by atoms with Gasteiger partial charge in [0.05, 0.1) is 10.7 Å². The smallest absolute Gasteiger partial charge is 0.183 e. The van der Waals surface area contributed by atoms with Gasteiger partial charge in [0.2, 0.25) is 0 Å². The molecule has 1 aromatic rings. The molecule has 0 spiro atoms. The van der Waals surface area contributed by atoms with Gasteiger partial charge < -0.3 is 0 Å². The summed E-state index contributed by atoms with van der Waals surface area (Å²) in [7, 11) is 0. The number of amidine groups is 1. The van der Waals surface area contributed by atoms with Crippen LogP contribution in [0.2, 0.25) is 5.02 Å². The molecule has 0 unspecified atom stereocenters. The maximum absolute atomic E-state index is 10.4. The van der Waals surface area contributed by atoms with Crippen LogP contribution in [-0.4, -0.2) is 11.4 Å². The molecule has 0 aromatic heterocycles. The van der Waals surface area contributed by atoms with E-state index in [0.717, 1.165) is 0 Å². The first-order chi connectivity index (χ1) is 7.71. The molecule has 0 bridgehead atoms. The lowest BCUT2D eigenvalue weighted by molar-refractivity contribution is 1.28. The number of hydrogen-bond acceptors (Lipinski definition) is 5. The minimum absolute atomic E-state index is 0.125. The Morgan fingerprint density at radius 1 is 1.62 bits per heavy atom. The summed E-state index contributed by atoms with van der Waals surface area (Å²) in [5.74, 6) is 0. The van der Waals surface area contributed by atoms with Crippen LogP contribution in [0.5, 0.6) is 0 Å². The molecule has 0 heterocycles. The molecule has 0 aliphatic rings. The summed E-state index contributed by atoms with van der Waals surface area (Å²) >= 11 is 6.99. The lowest BCUT2D eigenvalue weighted by Gasteiger charge is -2.00. The first kappa shape index (κ1) is 12.5. The Labute approximate surface area is 101 Å². The summed E-state index contributed by atoms with van der Waals surface area (Å²) in [5.41, 5.74) is 0.631. The first-order valence-corrected chi connectivity index (χ1v) is 5.72. The van der Waals surface area contributed by atoms with Crippen molar-refractivity contribution in [1.82, 2.24) is 5.32 Å². The predicted octanol–water partition coefficient (Wildman–Crippen LogP) is 3.16. The summed E-state index contributed by atoms with van der Waals surface area (Å²) in [6.07, 6.45) is 3.54. The van der Waals surface area contributed by atoms with Crippen LogP contribution in [0.1, 0.15) is 0 Å². The molecule has 1 aromatic carbocycles. The van der Waals surface area contributed by atoms with Gasteiger partial charge in [-0.3, -0.25) is 5.32 Å². The second-order valence-electron chi connectivity index (χ2n) is 2.58. The summed E-state index contributed by atoms with van der Waals surface area (Å²) < 4.78 is 0. The Morgan fingerprint density at radius 3 is 2.94 bits per heavy atom. The van der Waals surface area contributed by atoms with E-state index in [-0.39, 0.29) is 10.7 Å². The second-order valence-corrected chi connectivity index (χ2v) is 3.79. The summed E-state index contributed by atoms with van der Waals surface area (Å²) in [4.78, 5) is 14.5. The number of rotatable bonds is 2. The van der Waals surface area contributed by atoms with Crippen molar-refractivity contribution in [3.63, 3.8) is 0 Å². The van der Waals surface area contributed by atoms with Gasteiger partial charge in [-0.15, -0.1) is 4.91 Å². The Balaban J connectivity index is 3.05. The number of nitrogens with zero attached hydrogens (tertiary/aromatic N) is 3. The van der Waals surface area contributed by atoms with E-state index in [0.29, 0.717) is 10.9 Å². The molecule has 5 nitrogen and oxygen atoms in total. The topological polar surface area (TPSA) is 77.6 Å². The maximum Gasteiger partial charge on any atom is 0.183 e. The molecular weight excluding hydrogens is 248 g/mol. The fraction of sp³-hybridized carbons (Fsp3) is 0.111. The average Bonchev–Trinajstić information content (AvgIpc) is 2.30. The summed E-state index contributed by atoms with van der Waals surface area (Å²) in [6, 6.07) is 4.61. The standard InChI is InChI=1S/C9H7ClN4OS/c1-16-9(12-5-11)13-6-2-3-7(10)8(4-6)14-15/h2-4H,1H3,(H,12,13). The predicted molar refractivity (Wildman–Crippen MR) is 66.3 cm³/mol. The highest BCUT2D eigenvalue weighted by atomic mass is 35.5. The first-order valence-electron chi connectivity index (χ1n) is 4.12. The van der Waals surface area contributed by atoms with Crippen LogP contribution in [0.25, 0.3) is 0 Å². The van der Waals surface area contributed by atoms with Gasteiger partial charge in [0.1, 0.15) is 5.69 Å². The molecule has 0 saturated carbocycles. The van der Waals surface area contributed by atoms with Gasteiger partial charge in [0.25, 0.3) is 0 Å². The molecule has 1 N–H and O–H groups in total. The summed E-state index contributed by atoms with van der Waals surface area (Å²) in [5, 5.41) is 14.3. The average molecular weight is 255 g/mol. The zero-order valence-corrected chi connectivity index (χ0v) is 9.84. The molecule has 7 heteroatoms. The third-order valence-corrected chi connectivity index (χ3v) is 2.51. The van der Waals surface area contributed by atoms with Crippen LogP contribution in [0.4, 0.5) is 11.4 Å². The van der Waals surface area contributed by atoms with Crippen molar-refractivity contribution >= 4 is 39.9 Å². The number of nitroso groups, excluding NO2 is 1. The van der Waals surface area contributed by atoms with Gasteiger partial charge in [-0.1, -0.05) is 23.4 Å². The molecular formula is C9H7ClN4OS. The van der Waals surface area contributed by atoms with E-state index >= 15 is 0 Å². The van der Waals surface area contributed by atoms with E-state index in [2.05, 4.69) is 15.5 Å². The third-order valence-electron chi connectivity index (χ3n) is 1.61. The monoisotopic (exact) mass is 254 g/mol. The molecule has 0 aliphatic carbocycles. The van der Waals surface area contributed by atoms with Gasteiger partial charge in [0.15, 0.2) is 11.4 Å². The van der Waals surface area contributed by atoms with Gasteiger partial charge in [-0.2, -0.15) is 5.26 Å². The van der Waals surface area contributed by atoms with Crippen molar-refractivity contribution in [3.05, 3.63) is 28.1 Å². The molecule has 0 atom stereocenters. The van der Waals surface area contributed by atoms with Crippen LogP contribution in [0, 0.1) is 16.4 Å². The van der Waals surface area contributed by atoms with Gasteiger partial charge in [0, 0.05) is 0 Å². The minimum Gasteiger partial charge on any atom is -0.271 e. The van der Waals surface area contributed by atoms with Crippen molar-refractivity contribution in [2.24, 2.45) is 10.2 Å². The number of nitriles is 1. The van der Waals surface area contributed by atoms with E-state index in [9.17, 15) is 4.91 Å². The molecule has 0 amide bonds. The van der Waals surface area contributed by atoms with Crippen molar-refractivity contribution in [2.45, 2.75) is 0 Å². The minimum atomic E-state index is 0.125. The maximum atomic E-state index is 10.4. The molecule has 1 rings (SSSR count). The molecule has 16 heavy (non-hydrogen) atoms. The van der Waals surface area contributed by atoms with Crippen LogP contribution in [0.3, 0.4) is 0 Å². The number of halogens is 1. The number of aliphatic imine (C=N–C) groups is 1. The lowest BCUT2D eigenvalue weighted by Crippen LogP contribution is -2.12. The Bertz CT molecular complexity index is 469. The highest BCUT2D eigenvalue weighted by molar-refractivity contribution is 8.13. The van der Waals surface area contributed by atoms with Crippen LogP contribution in [-0.2, 0) is 0 Å². The van der Waals surface area contributed by atoms with Crippen LogP contribution >= 0.6 is 23.4 Å². The van der Waals surface area contributed by atoms with Gasteiger partial charge in [-0.25, -0.2) is 4.99 Å². The van der Waals surface area contributed by atoms with Crippen molar-refractivity contribution < 1.29 is 0 Å². The fourth-order valence-electron chi connectivity index (χ4n) is 0.930. The largest absolute Gasteiger partial charge is 0.271 e. The number of nitrogens with one attached hydrogen (secondary N) is 1. The molecule has 0 saturated heterocycles. The number of benzene rings is 1. The zero-order chi connectivity index (χ0) is 12.0. The van der Waals surface area contributed by atoms with E-state index in [1.165, 1.54) is 23.9 Å². The number of thioether (sulfide) groups is 1. The van der Waals surface area contributed by atoms with E-state index < -0.39 is 0 Å². The fourth-order valence-corrected chi connectivity index (χ4v) is 1.43. The molecule has 0 radical (unpaired) electrons. The quantitative estimate of drug-likeness (QED) is 0.289. The number of hydrogen-bond donors (Lipinski definition) is 1. The Kier molecular flexibility index (Phi) is 4.76. The normalized spacial score (nSPS) is 10.7. The van der Waals surface area contributed by atoms with Crippen molar-refractivity contribution in [1.29, 1.82) is 5.26 Å². The zero-order valence-electron chi connectivity index (χ0n) is 8.27. The SMILES string of the molecule is CSC(=Nc1ccc(Cl)c(N=O)c1)NC#N. The van der Waals surface area contributed by atoms with Crippen molar-refractivity contribution in [3.8, 4) is 6.19 Å². The summed E-state index contributed by atoms with van der Waals surface area (Å²) in [6.45, 7) is 0. The van der Waals surface area contributed by atoms with Gasteiger partial charge >= 0.3 is 0 Å². The van der Waals surface area contributed by atoms with Crippen LogP contribution in [0.15, 0.2) is 28.4 Å². The highest BCUT2D eigenvalue weighted by Crippen LogP contribution is 2.29. The highest BCUT2D eigenvalue weighted by Gasteiger charge is 2.02. The van der Waals surface area contributed by atoms with E-state index in [4.69, 9.17) is 16.9 Å². The Hall–Kier alpha value is -1.58. The Morgan fingerprint density at radius 2 is 2.38 bits per heavy atom. The van der Waals surface area contributed by atoms with E-state index in [1.807, 2.05) is 0 Å². The molecule has 82 valence electrons. The van der Waals surface area contributed by atoms with E-state index in [1.54, 1.807) is 18.5 Å². The molecule has 0 fully saturated rings.